The van der Waals surface area contributed by atoms with Crippen LogP contribution in [0.4, 0.5) is 0 Å². The predicted molar refractivity (Wildman–Crippen MR) is 108 cm³/mol. The van der Waals surface area contributed by atoms with Crippen molar-refractivity contribution in [1.82, 2.24) is 10.6 Å². The fourth-order valence-electron chi connectivity index (χ4n) is 2.42. The second-order valence-corrected chi connectivity index (χ2v) is 7.53. The van der Waals surface area contributed by atoms with Gasteiger partial charge in [0.1, 0.15) is 5.75 Å². The Bertz CT molecular complexity index is 756. The number of hydrogen-bond acceptors (Lipinski definition) is 3. The number of benzene rings is 2. The molecule has 1 saturated carbocycles. The summed E-state index contributed by atoms with van der Waals surface area (Å²) in [5.74, 6) is 0.528. The van der Waals surface area contributed by atoms with Crippen molar-refractivity contribution in [3.05, 3.63) is 63.2 Å². The number of amides is 2. The van der Waals surface area contributed by atoms with E-state index in [9.17, 15) is 9.59 Å². The summed E-state index contributed by atoms with van der Waals surface area (Å²) >= 11 is 2.21. The van der Waals surface area contributed by atoms with Gasteiger partial charge in [0.15, 0.2) is 6.61 Å². The van der Waals surface area contributed by atoms with E-state index in [0.717, 1.165) is 28.4 Å². The smallest absolute Gasteiger partial charge is 0.258 e. The van der Waals surface area contributed by atoms with Gasteiger partial charge in [0, 0.05) is 21.7 Å². The standard InChI is InChI=1S/C20H21IN2O3/c21-16-5-3-15(4-6-16)20(25)22-12-11-14-1-9-18(10-2-14)26-13-19(24)23-17-7-8-17/h1-6,9-10,17H,7-8,11-13H2,(H,22,25)(H,23,24). The highest BCUT2D eigenvalue weighted by molar-refractivity contribution is 14.1. The molecule has 0 aromatic heterocycles. The third kappa shape index (κ3) is 6.01. The molecular weight excluding hydrogens is 443 g/mol. The topological polar surface area (TPSA) is 67.4 Å². The summed E-state index contributed by atoms with van der Waals surface area (Å²) < 4.78 is 6.58. The normalized spacial score (nSPS) is 13.1. The fraction of sp³-hybridized carbons (Fsp3) is 0.300. The van der Waals surface area contributed by atoms with Gasteiger partial charge in [-0.2, -0.15) is 0 Å². The molecule has 2 N–H and O–H groups in total. The molecule has 136 valence electrons. The SMILES string of the molecule is O=C(COc1ccc(CCNC(=O)c2ccc(I)cc2)cc1)NC1CC1. The number of hydrogen-bond donors (Lipinski definition) is 2. The van der Waals surface area contributed by atoms with Gasteiger partial charge in [-0.1, -0.05) is 12.1 Å². The van der Waals surface area contributed by atoms with Crippen molar-refractivity contribution in [3.63, 3.8) is 0 Å². The van der Waals surface area contributed by atoms with E-state index in [1.807, 2.05) is 48.5 Å². The Kier molecular flexibility index (Phi) is 6.49. The molecule has 3 rings (SSSR count). The maximum Gasteiger partial charge on any atom is 0.258 e. The van der Waals surface area contributed by atoms with Gasteiger partial charge < -0.3 is 15.4 Å². The third-order valence-electron chi connectivity index (χ3n) is 4.04. The molecule has 1 aliphatic carbocycles. The zero-order valence-electron chi connectivity index (χ0n) is 14.3. The largest absolute Gasteiger partial charge is 0.484 e. The molecule has 5 nitrogen and oxygen atoms in total. The molecule has 0 saturated heterocycles. The monoisotopic (exact) mass is 464 g/mol. The van der Waals surface area contributed by atoms with Gasteiger partial charge >= 0.3 is 0 Å². The van der Waals surface area contributed by atoms with E-state index in [0.29, 0.717) is 23.9 Å². The molecule has 26 heavy (non-hydrogen) atoms. The molecule has 2 aromatic rings. The van der Waals surface area contributed by atoms with Crippen LogP contribution in [0, 0.1) is 3.57 Å². The molecule has 0 bridgehead atoms. The summed E-state index contributed by atoms with van der Waals surface area (Å²) in [5, 5.41) is 5.81. The lowest BCUT2D eigenvalue weighted by Crippen LogP contribution is -2.30. The first-order chi connectivity index (χ1) is 12.6. The van der Waals surface area contributed by atoms with Crippen LogP contribution in [0.2, 0.25) is 0 Å². The maximum atomic E-state index is 12.1. The van der Waals surface area contributed by atoms with Gasteiger partial charge in [0.05, 0.1) is 0 Å². The summed E-state index contributed by atoms with van der Waals surface area (Å²) in [6, 6.07) is 15.4. The Hall–Kier alpha value is -2.09. The van der Waals surface area contributed by atoms with Crippen molar-refractivity contribution in [2.24, 2.45) is 0 Å². The first-order valence-electron chi connectivity index (χ1n) is 8.65. The summed E-state index contributed by atoms with van der Waals surface area (Å²) in [6.45, 7) is 0.608. The molecule has 0 unspecified atom stereocenters. The Morgan fingerprint density at radius 2 is 1.73 bits per heavy atom. The highest BCUT2D eigenvalue weighted by atomic mass is 127. The van der Waals surface area contributed by atoms with Crippen LogP contribution in [0.3, 0.4) is 0 Å². The lowest BCUT2D eigenvalue weighted by atomic mass is 10.1. The van der Waals surface area contributed by atoms with Crippen LogP contribution < -0.4 is 15.4 Å². The van der Waals surface area contributed by atoms with Crippen molar-refractivity contribution in [2.45, 2.75) is 25.3 Å². The molecule has 6 heteroatoms. The van der Waals surface area contributed by atoms with Crippen molar-refractivity contribution in [3.8, 4) is 5.75 Å². The lowest BCUT2D eigenvalue weighted by Gasteiger charge is -2.08. The van der Waals surface area contributed by atoms with E-state index >= 15 is 0 Å². The van der Waals surface area contributed by atoms with E-state index in [2.05, 4.69) is 33.2 Å². The lowest BCUT2D eigenvalue weighted by molar-refractivity contribution is -0.123. The number of halogens is 1. The second-order valence-electron chi connectivity index (χ2n) is 6.29. The quantitative estimate of drug-likeness (QED) is 0.591. The van der Waals surface area contributed by atoms with Crippen LogP contribution in [0.25, 0.3) is 0 Å². The van der Waals surface area contributed by atoms with Crippen LogP contribution in [-0.4, -0.2) is 31.0 Å². The molecule has 0 atom stereocenters. The Morgan fingerprint density at radius 1 is 1.04 bits per heavy atom. The minimum Gasteiger partial charge on any atom is -0.484 e. The molecule has 1 fully saturated rings. The van der Waals surface area contributed by atoms with Crippen LogP contribution >= 0.6 is 22.6 Å². The van der Waals surface area contributed by atoms with Gasteiger partial charge in [-0.3, -0.25) is 9.59 Å². The Morgan fingerprint density at radius 3 is 2.38 bits per heavy atom. The molecule has 0 heterocycles. The van der Waals surface area contributed by atoms with Gasteiger partial charge in [-0.15, -0.1) is 0 Å². The van der Waals surface area contributed by atoms with Crippen molar-refractivity contribution in [2.75, 3.05) is 13.2 Å². The fourth-order valence-corrected chi connectivity index (χ4v) is 2.78. The zero-order valence-corrected chi connectivity index (χ0v) is 16.5. The van der Waals surface area contributed by atoms with Crippen molar-refractivity contribution < 1.29 is 14.3 Å². The highest BCUT2D eigenvalue weighted by Gasteiger charge is 2.23. The summed E-state index contributed by atoms with van der Waals surface area (Å²) in [5.41, 5.74) is 1.77. The van der Waals surface area contributed by atoms with Gasteiger partial charge in [-0.05, 0) is 83.8 Å². The predicted octanol–water partition coefficient (Wildman–Crippen LogP) is 2.92. The molecule has 2 amide bonds. The Balaban J connectivity index is 1.38. The number of carbonyl (C=O) groups excluding carboxylic acids is 2. The van der Waals surface area contributed by atoms with Crippen molar-refractivity contribution in [1.29, 1.82) is 0 Å². The van der Waals surface area contributed by atoms with Crippen LogP contribution in [0.5, 0.6) is 5.75 Å². The molecule has 0 radical (unpaired) electrons. The number of nitrogens with one attached hydrogen (secondary N) is 2. The average Bonchev–Trinajstić information content (AvgIpc) is 3.45. The van der Waals surface area contributed by atoms with Gasteiger partial charge in [-0.25, -0.2) is 0 Å². The van der Waals surface area contributed by atoms with E-state index in [4.69, 9.17) is 4.74 Å². The minimum atomic E-state index is -0.0742. The third-order valence-corrected chi connectivity index (χ3v) is 4.76. The van der Waals surface area contributed by atoms with Gasteiger partial charge in [0.2, 0.25) is 0 Å². The van der Waals surface area contributed by atoms with Gasteiger partial charge in [0.25, 0.3) is 11.8 Å². The highest BCUT2D eigenvalue weighted by Crippen LogP contribution is 2.18. The number of rotatable bonds is 8. The summed E-state index contributed by atoms with van der Waals surface area (Å²) in [4.78, 5) is 23.7. The van der Waals surface area contributed by atoms with Crippen LogP contribution in [-0.2, 0) is 11.2 Å². The van der Waals surface area contributed by atoms with E-state index in [-0.39, 0.29) is 18.4 Å². The zero-order chi connectivity index (χ0) is 18.4. The molecule has 2 aromatic carbocycles. The van der Waals surface area contributed by atoms with E-state index in [1.54, 1.807) is 0 Å². The summed E-state index contributed by atoms with van der Waals surface area (Å²) in [6.07, 6.45) is 2.87. The molecule has 0 aliphatic heterocycles. The minimum absolute atomic E-state index is 0.0436. The van der Waals surface area contributed by atoms with Crippen LogP contribution in [0.1, 0.15) is 28.8 Å². The first kappa shape index (κ1) is 18.7. The van der Waals surface area contributed by atoms with E-state index in [1.165, 1.54) is 0 Å². The maximum absolute atomic E-state index is 12.1. The van der Waals surface area contributed by atoms with Crippen LogP contribution in [0.15, 0.2) is 48.5 Å². The Labute approximate surface area is 166 Å². The number of ether oxygens (including phenoxy) is 1. The molecule has 0 spiro atoms. The van der Waals surface area contributed by atoms with E-state index < -0.39 is 0 Å². The first-order valence-corrected chi connectivity index (χ1v) is 9.73. The average molecular weight is 464 g/mol. The molecule has 1 aliphatic rings. The molecular formula is C20H21IN2O3. The van der Waals surface area contributed by atoms with Crippen molar-refractivity contribution >= 4 is 34.4 Å². The number of carbonyl (C=O) groups is 2. The second kappa shape index (κ2) is 9.02. The summed E-state index contributed by atoms with van der Waals surface area (Å²) in [7, 11) is 0.